The first kappa shape index (κ1) is 17.8. The molecule has 3 atom stereocenters. The van der Waals surface area contributed by atoms with E-state index in [9.17, 15) is 10.2 Å². The number of benzene rings is 1. The maximum Gasteiger partial charge on any atom is 0.120 e. The van der Waals surface area contributed by atoms with Crippen molar-refractivity contribution in [3.05, 3.63) is 29.8 Å². The molecule has 0 aromatic heterocycles. The Bertz CT molecular complexity index is 460. The predicted octanol–water partition coefficient (Wildman–Crippen LogP) is 1.000. The summed E-state index contributed by atoms with van der Waals surface area (Å²) >= 11 is 1.59. The molecule has 21 heavy (non-hydrogen) atoms. The van der Waals surface area contributed by atoms with Crippen molar-refractivity contribution in [2.45, 2.75) is 24.3 Å². The lowest BCUT2D eigenvalue weighted by molar-refractivity contribution is 0.103. The van der Waals surface area contributed by atoms with Gasteiger partial charge in [0.15, 0.2) is 0 Å². The van der Waals surface area contributed by atoms with Crippen molar-refractivity contribution in [2.75, 3.05) is 26.0 Å². The van der Waals surface area contributed by atoms with Gasteiger partial charge in [0.05, 0.1) is 18.2 Å². The number of thioether (sulfide) groups is 1. The Morgan fingerprint density at radius 1 is 1.48 bits per heavy atom. The Morgan fingerprint density at radius 2 is 2.24 bits per heavy atom. The average Bonchev–Trinajstić information content (AvgIpc) is 2.52. The van der Waals surface area contributed by atoms with E-state index in [-0.39, 0.29) is 24.5 Å². The van der Waals surface area contributed by atoms with Crippen LogP contribution in [0.5, 0.6) is 5.75 Å². The van der Waals surface area contributed by atoms with Crippen LogP contribution < -0.4 is 10.1 Å². The standard InChI is InChI=1S/C15H22N2O3S/c1-11(15(9-18)21-2)17-8-13(19)10-20-14-5-3-4-12(6-14)7-16/h3-6,11,13,15,17-19H,8-10H2,1-2H3. The molecule has 5 nitrogen and oxygen atoms in total. The minimum Gasteiger partial charge on any atom is -0.491 e. The van der Waals surface area contributed by atoms with Gasteiger partial charge in [0.2, 0.25) is 0 Å². The topological polar surface area (TPSA) is 85.5 Å². The van der Waals surface area contributed by atoms with E-state index in [0.29, 0.717) is 17.9 Å². The number of nitrogens with zero attached hydrogens (tertiary/aromatic N) is 1. The molecule has 0 saturated carbocycles. The van der Waals surface area contributed by atoms with Gasteiger partial charge < -0.3 is 20.3 Å². The van der Waals surface area contributed by atoms with Crippen LogP contribution in [0, 0.1) is 11.3 Å². The summed E-state index contributed by atoms with van der Waals surface area (Å²) in [6, 6.07) is 8.96. The maximum absolute atomic E-state index is 9.89. The molecule has 3 N–H and O–H groups in total. The highest BCUT2D eigenvalue weighted by molar-refractivity contribution is 7.99. The molecule has 0 aliphatic carbocycles. The average molecular weight is 310 g/mol. The number of ether oxygens (including phenoxy) is 1. The van der Waals surface area contributed by atoms with Crippen molar-refractivity contribution in [2.24, 2.45) is 0 Å². The molecule has 0 bridgehead atoms. The molecule has 1 aromatic carbocycles. The van der Waals surface area contributed by atoms with Crippen LogP contribution in [0.2, 0.25) is 0 Å². The predicted molar refractivity (Wildman–Crippen MR) is 84.5 cm³/mol. The minimum atomic E-state index is -0.653. The van der Waals surface area contributed by atoms with E-state index in [1.807, 2.05) is 19.2 Å². The quantitative estimate of drug-likeness (QED) is 0.631. The summed E-state index contributed by atoms with van der Waals surface area (Å²) in [4.78, 5) is 0. The molecule has 0 amide bonds. The molecule has 0 heterocycles. The van der Waals surface area contributed by atoms with Gasteiger partial charge in [-0.05, 0) is 31.4 Å². The Morgan fingerprint density at radius 3 is 2.86 bits per heavy atom. The van der Waals surface area contributed by atoms with Crippen molar-refractivity contribution < 1.29 is 14.9 Å². The van der Waals surface area contributed by atoms with Gasteiger partial charge in [-0.2, -0.15) is 17.0 Å². The molecule has 0 aliphatic rings. The summed E-state index contributed by atoms with van der Waals surface area (Å²) in [5.41, 5.74) is 0.527. The smallest absolute Gasteiger partial charge is 0.120 e. The molecule has 1 rings (SSSR count). The molecule has 6 heteroatoms. The summed E-state index contributed by atoms with van der Waals surface area (Å²) in [6.07, 6.45) is 1.29. The number of nitrogens with one attached hydrogen (secondary N) is 1. The van der Waals surface area contributed by atoms with E-state index >= 15 is 0 Å². The van der Waals surface area contributed by atoms with E-state index in [0.717, 1.165) is 0 Å². The molecule has 3 unspecified atom stereocenters. The van der Waals surface area contributed by atoms with Gasteiger partial charge in [-0.15, -0.1) is 0 Å². The lowest BCUT2D eigenvalue weighted by Crippen LogP contribution is -2.42. The fraction of sp³-hybridized carbons (Fsp3) is 0.533. The fourth-order valence-corrected chi connectivity index (χ4v) is 2.45. The summed E-state index contributed by atoms with van der Waals surface area (Å²) in [5, 5.41) is 31.2. The highest BCUT2D eigenvalue weighted by Gasteiger charge is 2.16. The van der Waals surface area contributed by atoms with Gasteiger partial charge in [-0.1, -0.05) is 6.07 Å². The fourth-order valence-electron chi connectivity index (χ4n) is 1.80. The molecule has 0 fully saturated rings. The number of nitriles is 1. The Balaban J connectivity index is 2.34. The number of hydrogen-bond donors (Lipinski definition) is 3. The Hall–Kier alpha value is -1.26. The highest BCUT2D eigenvalue weighted by atomic mass is 32.2. The highest BCUT2D eigenvalue weighted by Crippen LogP contribution is 2.13. The van der Waals surface area contributed by atoms with Crippen LogP contribution in [-0.4, -0.2) is 53.6 Å². The molecule has 0 spiro atoms. The number of aliphatic hydroxyl groups excluding tert-OH is 2. The summed E-state index contributed by atoms with van der Waals surface area (Å²) in [5.74, 6) is 0.568. The molecule has 0 saturated heterocycles. The van der Waals surface area contributed by atoms with E-state index in [4.69, 9.17) is 10.00 Å². The van der Waals surface area contributed by atoms with E-state index in [1.54, 1.807) is 36.0 Å². The summed E-state index contributed by atoms with van der Waals surface area (Å²) < 4.78 is 5.46. The second-order valence-electron chi connectivity index (χ2n) is 4.76. The normalized spacial score (nSPS) is 15.0. The zero-order valence-electron chi connectivity index (χ0n) is 12.3. The zero-order chi connectivity index (χ0) is 15.7. The van der Waals surface area contributed by atoms with Crippen LogP contribution in [0.15, 0.2) is 24.3 Å². The van der Waals surface area contributed by atoms with Gasteiger partial charge in [0.25, 0.3) is 0 Å². The molecule has 1 aromatic rings. The van der Waals surface area contributed by atoms with Crippen molar-refractivity contribution in [3.63, 3.8) is 0 Å². The summed E-state index contributed by atoms with van der Waals surface area (Å²) in [7, 11) is 0. The van der Waals surface area contributed by atoms with E-state index < -0.39 is 6.10 Å². The SMILES string of the molecule is CSC(CO)C(C)NCC(O)COc1cccc(C#N)c1. The first-order chi connectivity index (χ1) is 10.1. The van der Waals surface area contributed by atoms with Crippen LogP contribution in [0.25, 0.3) is 0 Å². The maximum atomic E-state index is 9.89. The molecule has 0 aliphatic heterocycles. The van der Waals surface area contributed by atoms with Crippen molar-refractivity contribution in [3.8, 4) is 11.8 Å². The third kappa shape index (κ3) is 6.36. The van der Waals surface area contributed by atoms with Gasteiger partial charge in [0.1, 0.15) is 18.5 Å². The van der Waals surface area contributed by atoms with Crippen molar-refractivity contribution in [1.29, 1.82) is 5.26 Å². The Kier molecular flexibility index (Phi) is 8.16. The number of hydrogen-bond acceptors (Lipinski definition) is 6. The number of aliphatic hydroxyl groups is 2. The van der Waals surface area contributed by atoms with E-state index in [1.165, 1.54) is 0 Å². The third-order valence-corrected chi connectivity index (χ3v) is 4.28. The number of rotatable bonds is 9. The second-order valence-corrected chi connectivity index (χ2v) is 5.84. The van der Waals surface area contributed by atoms with Gasteiger partial charge in [0, 0.05) is 17.8 Å². The molecular weight excluding hydrogens is 288 g/mol. The second kappa shape index (κ2) is 9.64. The molecule has 0 radical (unpaired) electrons. The van der Waals surface area contributed by atoms with Gasteiger partial charge in [-0.3, -0.25) is 0 Å². The van der Waals surface area contributed by atoms with Crippen molar-refractivity contribution >= 4 is 11.8 Å². The lowest BCUT2D eigenvalue weighted by atomic mass is 10.2. The zero-order valence-corrected chi connectivity index (χ0v) is 13.1. The lowest BCUT2D eigenvalue weighted by Gasteiger charge is -2.23. The Labute approximate surface area is 129 Å². The van der Waals surface area contributed by atoms with Gasteiger partial charge in [-0.25, -0.2) is 0 Å². The third-order valence-electron chi connectivity index (χ3n) is 3.12. The molecular formula is C15H22N2O3S. The van der Waals surface area contributed by atoms with Crippen LogP contribution in [0.1, 0.15) is 12.5 Å². The van der Waals surface area contributed by atoms with Crippen LogP contribution in [0.3, 0.4) is 0 Å². The van der Waals surface area contributed by atoms with E-state index in [2.05, 4.69) is 5.32 Å². The largest absolute Gasteiger partial charge is 0.491 e. The molecule has 116 valence electrons. The minimum absolute atomic E-state index is 0.0987. The summed E-state index contributed by atoms with van der Waals surface area (Å²) in [6.45, 7) is 2.61. The van der Waals surface area contributed by atoms with Gasteiger partial charge >= 0.3 is 0 Å². The van der Waals surface area contributed by atoms with Crippen LogP contribution >= 0.6 is 11.8 Å². The van der Waals surface area contributed by atoms with Crippen LogP contribution in [-0.2, 0) is 0 Å². The van der Waals surface area contributed by atoms with Crippen molar-refractivity contribution in [1.82, 2.24) is 5.32 Å². The monoisotopic (exact) mass is 310 g/mol. The van der Waals surface area contributed by atoms with Crippen LogP contribution in [0.4, 0.5) is 0 Å². The first-order valence-corrected chi connectivity index (χ1v) is 8.07. The first-order valence-electron chi connectivity index (χ1n) is 6.78.